The highest BCUT2D eigenvalue weighted by Gasteiger charge is 2.28. The molecule has 6 nitrogen and oxygen atoms in total. The second kappa shape index (κ2) is 6.39. The summed E-state index contributed by atoms with van der Waals surface area (Å²) in [5.74, 6) is 2.74. The number of nitrogens with zero attached hydrogens (tertiary/aromatic N) is 2. The van der Waals surface area contributed by atoms with Crippen LogP contribution >= 0.6 is 0 Å². The topological polar surface area (TPSA) is 84.0 Å². The van der Waals surface area contributed by atoms with Gasteiger partial charge in [-0.05, 0) is 19.8 Å². The van der Waals surface area contributed by atoms with Crippen molar-refractivity contribution in [2.45, 2.75) is 39.2 Å². The zero-order valence-corrected chi connectivity index (χ0v) is 12.8. The molecule has 2 rings (SSSR count). The van der Waals surface area contributed by atoms with Gasteiger partial charge < -0.3 is 10.6 Å². The van der Waals surface area contributed by atoms with Gasteiger partial charge in [-0.25, -0.2) is 18.4 Å². The maximum absolute atomic E-state index is 11.5. The summed E-state index contributed by atoms with van der Waals surface area (Å²) >= 11 is 0. The van der Waals surface area contributed by atoms with Crippen molar-refractivity contribution in [1.82, 2.24) is 9.97 Å². The Bertz CT molecular complexity index is 535. The van der Waals surface area contributed by atoms with E-state index >= 15 is 0 Å². The first-order valence-electron chi connectivity index (χ1n) is 7.11. The standard InChI is InChI=1S/C13H22N4O2S/c1-3-5-11-16-12(14-4-2)8-13(17-11)15-10-6-7-20(18,19)9-10/h8,10H,3-7,9H2,1-2H3,(H2,14,15,16,17). The number of rotatable bonds is 6. The molecule has 20 heavy (non-hydrogen) atoms. The third kappa shape index (κ3) is 4.06. The minimum Gasteiger partial charge on any atom is -0.370 e. The van der Waals surface area contributed by atoms with E-state index in [0.29, 0.717) is 12.2 Å². The summed E-state index contributed by atoms with van der Waals surface area (Å²) in [5.41, 5.74) is 0. The van der Waals surface area contributed by atoms with E-state index in [1.807, 2.05) is 13.0 Å². The predicted molar refractivity (Wildman–Crippen MR) is 80.9 cm³/mol. The largest absolute Gasteiger partial charge is 0.370 e. The third-order valence-electron chi connectivity index (χ3n) is 3.19. The van der Waals surface area contributed by atoms with Gasteiger partial charge in [0.05, 0.1) is 11.5 Å². The van der Waals surface area contributed by atoms with Crippen LogP contribution in [0, 0.1) is 0 Å². The molecule has 1 saturated heterocycles. The van der Waals surface area contributed by atoms with Crippen molar-refractivity contribution in [3.63, 3.8) is 0 Å². The normalized spacial score (nSPS) is 20.8. The van der Waals surface area contributed by atoms with Crippen LogP contribution in [0.1, 0.15) is 32.5 Å². The van der Waals surface area contributed by atoms with Gasteiger partial charge in [-0.1, -0.05) is 6.92 Å². The van der Waals surface area contributed by atoms with E-state index in [1.54, 1.807) is 0 Å². The van der Waals surface area contributed by atoms with Gasteiger partial charge in [-0.15, -0.1) is 0 Å². The fraction of sp³-hybridized carbons (Fsp3) is 0.692. The highest BCUT2D eigenvalue weighted by molar-refractivity contribution is 7.91. The molecule has 1 aromatic heterocycles. The first kappa shape index (κ1) is 15.0. The Morgan fingerprint density at radius 1 is 1.30 bits per heavy atom. The molecule has 1 aromatic rings. The summed E-state index contributed by atoms with van der Waals surface area (Å²) in [7, 11) is -2.88. The van der Waals surface area contributed by atoms with Crippen LogP contribution in [0.15, 0.2) is 6.07 Å². The Hall–Kier alpha value is -1.37. The molecular weight excluding hydrogens is 276 g/mol. The molecular formula is C13H22N4O2S. The zero-order chi connectivity index (χ0) is 14.6. The number of hydrogen-bond acceptors (Lipinski definition) is 6. The van der Waals surface area contributed by atoms with Crippen LogP contribution in [-0.2, 0) is 16.3 Å². The number of aryl methyl sites for hydroxylation is 1. The summed E-state index contributed by atoms with van der Waals surface area (Å²) in [6.45, 7) is 4.89. The fourth-order valence-corrected chi connectivity index (χ4v) is 3.97. The Morgan fingerprint density at radius 2 is 2.05 bits per heavy atom. The lowest BCUT2D eigenvalue weighted by Crippen LogP contribution is -2.22. The second-order valence-electron chi connectivity index (χ2n) is 5.08. The number of sulfone groups is 1. The van der Waals surface area contributed by atoms with Crippen LogP contribution in [0.3, 0.4) is 0 Å². The van der Waals surface area contributed by atoms with Gasteiger partial charge in [-0.3, -0.25) is 0 Å². The average Bonchev–Trinajstić information content (AvgIpc) is 2.69. The van der Waals surface area contributed by atoms with Crippen molar-refractivity contribution < 1.29 is 8.42 Å². The Kier molecular flexibility index (Phi) is 4.80. The van der Waals surface area contributed by atoms with Gasteiger partial charge in [0.25, 0.3) is 0 Å². The molecule has 0 saturated carbocycles. The van der Waals surface area contributed by atoms with Gasteiger partial charge in [-0.2, -0.15) is 0 Å². The molecule has 1 aliphatic rings. The van der Waals surface area contributed by atoms with Crippen molar-refractivity contribution in [2.24, 2.45) is 0 Å². The van der Waals surface area contributed by atoms with E-state index in [0.717, 1.165) is 31.0 Å². The number of nitrogens with one attached hydrogen (secondary N) is 2. The molecule has 0 radical (unpaired) electrons. The van der Waals surface area contributed by atoms with Gasteiger partial charge in [0.2, 0.25) is 0 Å². The molecule has 2 N–H and O–H groups in total. The van der Waals surface area contributed by atoms with E-state index in [9.17, 15) is 8.42 Å². The summed E-state index contributed by atoms with van der Waals surface area (Å²) in [5, 5.41) is 6.40. The van der Waals surface area contributed by atoms with Crippen LogP contribution in [-0.4, -0.2) is 42.5 Å². The number of aromatic nitrogens is 2. The van der Waals surface area contributed by atoms with Crippen LogP contribution in [0.25, 0.3) is 0 Å². The Labute approximate surface area is 120 Å². The number of hydrogen-bond donors (Lipinski definition) is 2. The van der Waals surface area contributed by atoms with Gasteiger partial charge in [0.15, 0.2) is 9.84 Å². The van der Waals surface area contributed by atoms with Crippen molar-refractivity contribution >= 4 is 21.5 Å². The molecule has 1 aliphatic heterocycles. The first-order chi connectivity index (χ1) is 9.52. The maximum Gasteiger partial charge on any atom is 0.152 e. The van der Waals surface area contributed by atoms with Gasteiger partial charge in [0.1, 0.15) is 17.5 Å². The first-order valence-corrected chi connectivity index (χ1v) is 8.93. The highest BCUT2D eigenvalue weighted by Crippen LogP contribution is 2.18. The molecule has 0 amide bonds. The molecule has 1 fully saturated rings. The molecule has 0 spiro atoms. The van der Waals surface area contributed by atoms with E-state index in [4.69, 9.17) is 0 Å². The lowest BCUT2D eigenvalue weighted by atomic mass is 10.2. The van der Waals surface area contributed by atoms with Gasteiger partial charge in [0, 0.05) is 25.1 Å². The third-order valence-corrected chi connectivity index (χ3v) is 4.96. The lowest BCUT2D eigenvalue weighted by molar-refractivity contribution is 0.602. The molecule has 1 unspecified atom stereocenters. The van der Waals surface area contributed by atoms with E-state index < -0.39 is 9.84 Å². The average molecular weight is 298 g/mol. The van der Waals surface area contributed by atoms with Crippen molar-refractivity contribution in [3.05, 3.63) is 11.9 Å². The fourth-order valence-electron chi connectivity index (χ4n) is 2.30. The summed E-state index contributed by atoms with van der Waals surface area (Å²) < 4.78 is 23.0. The Balaban J connectivity index is 2.13. The lowest BCUT2D eigenvalue weighted by Gasteiger charge is -2.14. The monoisotopic (exact) mass is 298 g/mol. The molecule has 7 heteroatoms. The van der Waals surface area contributed by atoms with Crippen molar-refractivity contribution in [2.75, 3.05) is 28.7 Å². The summed E-state index contributed by atoms with van der Waals surface area (Å²) in [6.07, 6.45) is 2.44. The van der Waals surface area contributed by atoms with Gasteiger partial charge >= 0.3 is 0 Å². The maximum atomic E-state index is 11.5. The smallest absolute Gasteiger partial charge is 0.152 e. The molecule has 0 bridgehead atoms. The van der Waals surface area contributed by atoms with E-state index in [1.165, 1.54) is 0 Å². The van der Waals surface area contributed by atoms with Crippen LogP contribution < -0.4 is 10.6 Å². The molecule has 0 aliphatic carbocycles. The quantitative estimate of drug-likeness (QED) is 0.827. The Morgan fingerprint density at radius 3 is 2.65 bits per heavy atom. The van der Waals surface area contributed by atoms with E-state index in [-0.39, 0.29) is 17.5 Å². The highest BCUT2D eigenvalue weighted by atomic mass is 32.2. The zero-order valence-electron chi connectivity index (χ0n) is 12.0. The minimum atomic E-state index is -2.88. The summed E-state index contributed by atoms with van der Waals surface area (Å²) in [6, 6.07) is 1.80. The SMILES string of the molecule is CCCc1nc(NCC)cc(NC2CCS(=O)(=O)C2)n1. The molecule has 2 heterocycles. The van der Waals surface area contributed by atoms with Crippen molar-refractivity contribution in [1.29, 1.82) is 0 Å². The van der Waals surface area contributed by atoms with E-state index in [2.05, 4.69) is 27.5 Å². The molecule has 112 valence electrons. The molecule has 0 aromatic carbocycles. The predicted octanol–water partition coefficient (Wildman–Crippen LogP) is 1.46. The second-order valence-corrected chi connectivity index (χ2v) is 7.31. The molecule has 1 atom stereocenters. The number of anilines is 2. The minimum absolute atomic E-state index is 0.0427. The summed E-state index contributed by atoms with van der Waals surface area (Å²) in [4.78, 5) is 8.90. The van der Waals surface area contributed by atoms with Crippen LogP contribution in [0.2, 0.25) is 0 Å². The van der Waals surface area contributed by atoms with Crippen molar-refractivity contribution in [3.8, 4) is 0 Å². The van der Waals surface area contributed by atoms with Crippen LogP contribution in [0.4, 0.5) is 11.6 Å². The van der Waals surface area contributed by atoms with Crippen LogP contribution in [0.5, 0.6) is 0 Å².